The number of halogens is 1. The maximum Gasteiger partial charge on any atom is 0.321 e. The van der Waals surface area contributed by atoms with Gasteiger partial charge in [-0.25, -0.2) is 8.42 Å². The zero-order chi connectivity index (χ0) is 13.9. The standard InChI is InChI=1S/C11H14BrNO4S/c1-3-9(11(14)15)13(2)18(16,17)10-7-5-4-6-8(10)12/h4-7,9H,3H2,1-2H3,(H,14,15). The van der Waals surface area contributed by atoms with Crippen molar-refractivity contribution in [2.75, 3.05) is 7.05 Å². The predicted molar refractivity (Wildman–Crippen MR) is 70.8 cm³/mol. The molecule has 0 bridgehead atoms. The third kappa shape index (κ3) is 2.90. The Bertz CT molecular complexity index is 544. The molecule has 1 N–H and O–H groups in total. The number of hydrogen-bond acceptors (Lipinski definition) is 3. The fraction of sp³-hybridized carbons (Fsp3) is 0.364. The average Bonchev–Trinajstić information content (AvgIpc) is 2.29. The van der Waals surface area contributed by atoms with Gasteiger partial charge in [0.05, 0.1) is 4.90 Å². The van der Waals surface area contributed by atoms with Gasteiger partial charge in [0, 0.05) is 11.5 Å². The molecule has 0 saturated carbocycles. The lowest BCUT2D eigenvalue weighted by Crippen LogP contribution is -2.41. The van der Waals surface area contributed by atoms with Crippen LogP contribution in [0.15, 0.2) is 33.6 Å². The minimum absolute atomic E-state index is 0.0622. The van der Waals surface area contributed by atoms with Crippen molar-refractivity contribution in [1.29, 1.82) is 0 Å². The predicted octanol–water partition coefficient (Wildman–Crippen LogP) is 1.93. The lowest BCUT2D eigenvalue weighted by molar-refractivity contribution is -0.141. The monoisotopic (exact) mass is 335 g/mol. The third-order valence-electron chi connectivity index (χ3n) is 2.60. The van der Waals surface area contributed by atoms with Crippen LogP contribution in [0.3, 0.4) is 0 Å². The zero-order valence-corrected chi connectivity index (χ0v) is 12.4. The molecule has 5 nitrogen and oxygen atoms in total. The molecule has 0 aromatic heterocycles. The number of benzene rings is 1. The van der Waals surface area contributed by atoms with Crippen LogP contribution in [-0.4, -0.2) is 36.9 Å². The van der Waals surface area contributed by atoms with E-state index in [2.05, 4.69) is 15.9 Å². The smallest absolute Gasteiger partial charge is 0.321 e. The lowest BCUT2D eigenvalue weighted by atomic mass is 10.2. The number of carboxylic acid groups (broad SMARTS) is 1. The molecular weight excluding hydrogens is 322 g/mol. The van der Waals surface area contributed by atoms with Gasteiger partial charge in [-0.3, -0.25) is 4.79 Å². The average molecular weight is 336 g/mol. The van der Waals surface area contributed by atoms with Gasteiger partial charge in [0.25, 0.3) is 0 Å². The van der Waals surface area contributed by atoms with Gasteiger partial charge in [0.1, 0.15) is 6.04 Å². The maximum atomic E-state index is 12.3. The molecular formula is C11H14BrNO4S. The van der Waals surface area contributed by atoms with Crippen LogP contribution in [-0.2, 0) is 14.8 Å². The number of aliphatic carboxylic acids is 1. The fourth-order valence-electron chi connectivity index (χ4n) is 1.56. The summed E-state index contributed by atoms with van der Waals surface area (Å²) in [5.41, 5.74) is 0. The minimum Gasteiger partial charge on any atom is -0.480 e. The van der Waals surface area contributed by atoms with E-state index in [1.807, 2.05) is 0 Å². The van der Waals surface area contributed by atoms with Gasteiger partial charge < -0.3 is 5.11 Å². The zero-order valence-electron chi connectivity index (χ0n) is 10.00. The summed E-state index contributed by atoms with van der Waals surface area (Å²) >= 11 is 3.16. The summed E-state index contributed by atoms with van der Waals surface area (Å²) < 4.78 is 25.9. The Morgan fingerprint density at radius 3 is 2.44 bits per heavy atom. The van der Waals surface area contributed by atoms with Crippen molar-refractivity contribution >= 4 is 31.9 Å². The van der Waals surface area contributed by atoms with Crippen LogP contribution in [0.4, 0.5) is 0 Å². The van der Waals surface area contributed by atoms with Gasteiger partial charge in [-0.2, -0.15) is 4.31 Å². The van der Waals surface area contributed by atoms with E-state index < -0.39 is 22.0 Å². The number of sulfonamides is 1. The Morgan fingerprint density at radius 2 is 2.00 bits per heavy atom. The molecule has 1 aromatic rings. The molecule has 0 aliphatic rings. The highest BCUT2D eigenvalue weighted by Crippen LogP contribution is 2.25. The second kappa shape index (κ2) is 5.81. The highest BCUT2D eigenvalue weighted by Gasteiger charge is 2.32. The SMILES string of the molecule is CCC(C(=O)O)N(C)S(=O)(=O)c1ccccc1Br. The molecule has 1 unspecified atom stereocenters. The molecule has 0 aliphatic carbocycles. The van der Waals surface area contributed by atoms with Crippen LogP contribution < -0.4 is 0 Å². The summed E-state index contributed by atoms with van der Waals surface area (Å²) in [4.78, 5) is 11.1. The van der Waals surface area contributed by atoms with E-state index in [9.17, 15) is 13.2 Å². The van der Waals surface area contributed by atoms with Crippen molar-refractivity contribution in [3.8, 4) is 0 Å². The van der Waals surface area contributed by atoms with Crippen LogP contribution in [0.1, 0.15) is 13.3 Å². The summed E-state index contributed by atoms with van der Waals surface area (Å²) in [7, 11) is -2.55. The summed E-state index contributed by atoms with van der Waals surface area (Å²) in [6.45, 7) is 1.63. The number of rotatable bonds is 5. The Morgan fingerprint density at radius 1 is 1.44 bits per heavy atom. The summed E-state index contributed by atoms with van der Waals surface area (Å²) in [6, 6.07) is 5.25. The molecule has 1 atom stereocenters. The number of hydrogen-bond donors (Lipinski definition) is 1. The quantitative estimate of drug-likeness (QED) is 0.892. The first-order valence-electron chi connectivity index (χ1n) is 5.27. The van der Waals surface area contributed by atoms with Crippen molar-refractivity contribution in [2.45, 2.75) is 24.3 Å². The molecule has 0 aliphatic heterocycles. The largest absolute Gasteiger partial charge is 0.480 e. The lowest BCUT2D eigenvalue weighted by Gasteiger charge is -2.23. The van der Waals surface area contributed by atoms with E-state index >= 15 is 0 Å². The number of carboxylic acids is 1. The number of nitrogens with zero attached hydrogens (tertiary/aromatic N) is 1. The van der Waals surface area contributed by atoms with E-state index in [0.717, 1.165) is 4.31 Å². The second-order valence-corrected chi connectivity index (χ2v) is 6.53. The molecule has 0 saturated heterocycles. The first-order chi connectivity index (χ1) is 8.32. The molecule has 1 rings (SSSR count). The van der Waals surface area contributed by atoms with E-state index in [4.69, 9.17) is 5.11 Å². The highest BCUT2D eigenvalue weighted by atomic mass is 79.9. The summed E-state index contributed by atoms with van der Waals surface area (Å²) in [5.74, 6) is -1.16. The summed E-state index contributed by atoms with van der Waals surface area (Å²) in [5, 5.41) is 9.01. The van der Waals surface area contributed by atoms with Crippen molar-refractivity contribution in [1.82, 2.24) is 4.31 Å². The Kier molecular flexibility index (Phi) is 4.89. The van der Waals surface area contributed by atoms with Crippen molar-refractivity contribution < 1.29 is 18.3 Å². The molecule has 0 heterocycles. The molecule has 0 fully saturated rings. The highest BCUT2D eigenvalue weighted by molar-refractivity contribution is 9.10. The van der Waals surface area contributed by atoms with Crippen LogP contribution in [0, 0.1) is 0 Å². The van der Waals surface area contributed by atoms with Crippen LogP contribution in [0.2, 0.25) is 0 Å². The molecule has 0 spiro atoms. The molecule has 0 radical (unpaired) electrons. The van der Waals surface area contributed by atoms with Gasteiger partial charge in [-0.05, 0) is 34.5 Å². The van der Waals surface area contributed by atoms with Crippen molar-refractivity contribution in [3.05, 3.63) is 28.7 Å². The molecule has 18 heavy (non-hydrogen) atoms. The van der Waals surface area contributed by atoms with Crippen LogP contribution >= 0.6 is 15.9 Å². The Balaban J connectivity index is 3.23. The van der Waals surface area contributed by atoms with Gasteiger partial charge in [0.15, 0.2) is 0 Å². The summed E-state index contributed by atoms with van der Waals surface area (Å²) in [6.07, 6.45) is 0.204. The number of likely N-dealkylation sites (N-methyl/N-ethyl adjacent to an activating group) is 1. The van der Waals surface area contributed by atoms with Gasteiger partial charge >= 0.3 is 5.97 Å². The fourth-order valence-corrected chi connectivity index (χ4v) is 3.91. The topological polar surface area (TPSA) is 74.7 Å². The van der Waals surface area contributed by atoms with Crippen molar-refractivity contribution in [2.24, 2.45) is 0 Å². The van der Waals surface area contributed by atoms with Crippen molar-refractivity contribution in [3.63, 3.8) is 0 Å². The van der Waals surface area contributed by atoms with Gasteiger partial charge in [0.2, 0.25) is 10.0 Å². The maximum absolute atomic E-state index is 12.3. The van der Waals surface area contributed by atoms with E-state index in [0.29, 0.717) is 4.47 Å². The first-order valence-corrected chi connectivity index (χ1v) is 7.51. The molecule has 7 heteroatoms. The van der Waals surface area contributed by atoms with Gasteiger partial charge in [-0.1, -0.05) is 19.1 Å². The van der Waals surface area contributed by atoms with E-state index in [-0.39, 0.29) is 11.3 Å². The molecule has 100 valence electrons. The minimum atomic E-state index is -3.82. The first kappa shape index (κ1) is 15.1. The van der Waals surface area contributed by atoms with Crippen LogP contribution in [0.5, 0.6) is 0 Å². The second-order valence-electron chi connectivity index (χ2n) is 3.71. The molecule has 0 amide bonds. The normalized spacial score (nSPS) is 13.6. The van der Waals surface area contributed by atoms with E-state index in [1.54, 1.807) is 25.1 Å². The Hall–Kier alpha value is -0.920. The number of carbonyl (C=O) groups is 1. The van der Waals surface area contributed by atoms with Gasteiger partial charge in [-0.15, -0.1) is 0 Å². The third-order valence-corrected chi connectivity index (χ3v) is 5.48. The molecule has 1 aromatic carbocycles. The van der Waals surface area contributed by atoms with E-state index in [1.165, 1.54) is 13.1 Å². The van der Waals surface area contributed by atoms with Crippen LogP contribution in [0.25, 0.3) is 0 Å². The Labute approximate surface area is 115 Å².